The van der Waals surface area contributed by atoms with Crippen molar-refractivity contribution in [2.24, 2.45) is 0 Å². The van der Waals surface area contributed by atoms with Gasteiger partial charge in [0.05, 0.1) is 13.2 Å². The van der Waals surface area contributed by atoms with Gasteiger partial charge >= 0.3 is 5.97 Å². The Balaban J connectivity index is 2.00. The molecule has 3 nitrogen and oxygen atoms in total. The van der Waals surface area contributed by atoms with Crippen LogP contribution in [-0.2, 0) is 20.9 Å². The van der Waals surface area contributed by atoms with E-state index in [0.717, 1.165) is 12.8 Å². The summed E-state index contributed by atoms with van der Waals surface area (Å²) in [7, 11) is 0. The van der Waals surface area contributed by atoms with Crippen molar-refractivity contribution in [1.82, 2.24) is 0 Å². The minimum absolute atomic E-state index is 0.365. The molecular weight excluding hydrogens is 228 g/mol. The summed E-state index contributed by atoms with van der Waals surface area (Å²) in [6.45, 7) is 7.14. The smallest absolute Gasteiger partial charge is 0.330 e. The van der Waals surface area contributed by atoms with E-state index in [-0.39, 0.29) is 5.97 Å². The van der Waals surface area contributed by atoms with Crippen molar-refractivity contribution in [2.45, 2.75) is 26.4 Å². The fourth-order valence-corrected chi connectivity index (χ4v) is 1.41. The van der Waals surface area contributed by atoms with Crippen molar-refractivity contribution in [3.8, 4) is 0 Å². The zero-order valence-corrected chi connectivity index (χ0v) is 10.9. The van der Waals surface area contributed by atoms with Gasteiger partial charge in [0.1, 0.15) is 0 Å². The molecule has 0 aliphatic carbocycles. The van der Waals surface area contributed by atoms with Crippen LogP contribution in [0, 0.1) is 6.92 Å². The molecule has 0 fully saturated rings. The highest BCUT2D eigenvalue weighted by Gasteiger charge is 1.96. The molecule has 98 valence electrons. The average Bonchev–Trinajstić information content (AvgIpc) is 2.39. The van der Waals surface area contributed by atoms with Crippen molar-refractivity contribution in [3.63, 3.8) is 0 Å². The lowest BCUT2D eigenvalue weighted by molar-refractivity contribution is -0.137. The molecular formula is C15H20O3. The molecule has 0 unspecified atom stereocenters. The van der Waals surface area contributed by atoms with Crippen LogP contribution in [0.1, 0.15) is 24.0 Å². The maximum absolute atomic E-state index is 10.7. The van der Waals surface area contributed by atoms with E-state index in [9.17, 15) is 4.79 Å². The molecule has 0 heterocycles. The number of carbonyl (C=O) groups excluding carboxylic acids is 1. The Bertz CT molecular complexity index is 368. The van der Waals surface area contributed by atoms with E-state index in [2.05, 4.69) is 37.8 Å². The fourth-order valence-electron chi connectivity index (χ4n) is 1.41. The molecule has 0 aromatic heterocycles. The molecule has 0 saturated heterocycles. The molecule has 0 spiro atoms. The predicted octanol–water partition coefficient (Wildman–Crippen LogP) is 3.02. The second-order valence-electron chi connectivity index (χ2n) is 4.12. The summed E-state index contributed by atoms with van der Waals surface area (Å²) in [5.74, 6) is -0.365. The van der Waals surface area contributed by atoms with Crippen molar-refractivity contribution in [2.75, 3.05) is 13.2 Å². The fraction of sp³-hybridized carbons (Fsp3) is 0.400. The number of unbranched alkanes of at least 4 members (excludes halogenated alkanes) is 1. The maximum Gasteiger partial charge on any atom is 0.330 e. The van der Waals surface area contributed by atoms with Crippen LogP contribution in [-0.4, -0.2) is 19.2 Å². The first kappa shape index (κ1) is 14.5. The van der Waals surface area contributed by atoms with Gasteiger partial charge in [-0.3, -0.25) is 0 Å². The minimum Gasteiger partial charge on any atom is -0.463 e. The standard InChI is InChI=1S/C15H20O3/c1-3-15(16)18-11-5-4-10-17-12-14-8-6-13(2)7-9-14/h3,6-9H,1,4-5,10-12H2,2H3. The number of aryl methyl sites for hydroxylation is 1. The van der Waals surface area contributed by atoms with E-state index in [1.807, 2.05) is 0 Å². The molecule has 18 heavy (non-hydrogen) atoms. The van der Waals surface area contributed by atoms with E-state index in [4.69, 9.17) is 9.47 Å². The lowest BCUT2D eigenvalue weighted by Gasteiger charge is -2.05. The summed E-state index contributed by atoms with van der Waals surface area (Å²) in [6.07, 6.45) is 2.87. The summed E-state index contributed by atoms with van der Waals surface area (Å²) in [5, 5.41) is 0. The van der Waals surface area contributed by atoms with Gasteiger partial charge in [0.2, 0.25) is 0 Å². The van der Waals surface area contributed by atoms with E-state index >= 15 is 0 Å². The van der Waals surface area contributed by atoms with Crippen molar-refractivity contribution >= 4 is 5.97 Å². The van der Waals surface area contributed by atoms with Gasteiger partial charge in [-0.05, 0) is 25.3 Å². The summed E-state index contributed by atoms with van der Waals surface area (Å²) < 4.78 is 10.4. The molecule has 0 amide bonds. The summed E-state index contributed by atoms with van der Waals surface area (Å²) in [5.41, 5.74) is 2.43. The van der Waals surface area contributed by atoms with E-state index < -0.39 is 0 Å². The van der Waals surface area contributed by atoms with Gasteiger partial charge in [-0.2, -0.15) is 0 Å². The second kappa shape index (κ2) is 8.48. The molecule has 0 aliphatic rings. The van der Waals surface area contributed by atoms with Crippen molar-refractivity contribution in [1.29, 1.82) is 0 Å². The molecule has 1 aromatic carbocycles. The summed E-state index contributed by atoms with van der Waals surface area (Å²) >= 11 is 0. The van der Waals surface area contributed by atoms with Crippen LogP contribution in [0.2, 0.25) is 0 Å². The molecule has 1 aromatic rings. The van der Waals surface area contributed by atoms with Crippen LogP contribution in [0.4, 0.5) is 0 Å². The normalized spacial score (nSPS) is 10.1. The number of hydrogen-bond acceptors (Lipinski definition) is 3. The first-order valence-electron chi connectivity index (χ1n) is 6.15. The van der Waals surface area contributed by atoms with Crippen LogP contribution < -0.4 is 0 Å². The van der Waals surface area contributed by atoms with Gasteiger partial charge in [-0.1, -0.05) is 36.4 Å². The zero-order valence-electron chi connectivity index (χ0n) is 10.9. The summed E-state index contributed by atoms with van der Waals surface area (Å²) in [6, 6.07) is 8.29. The number of carbonyl (C=O) groups is 1. The maximum atomic E-state index is 10.7. The van der Waals surface area contributed by atoms with E-state index in [1.165, 1.54) is 17.2 Å². The molecule has 1 rings (SSSR count). The zero-order chi connectivity index (χ0) is 13.2. The Labute approximate surface area is 108 Å². The molecule has 0 bridgehead atoms. The molecule has 3 heteroatoms. The van der Waals surface area contributed by atoms with Crippen LogP contribution in [0.5, 0.6) is 0 Å². The second-order valence-corrected chi connectivity index (χ2v) is 4.12. The van der Waals surface area contributed by atoms with Gasteiger partial charge < -0.3 is 9.47 Å². The first-order chi connectivity index (χ1) is 8.72. The lowest BCUT2D eigenvalue weighted by atomic mass is 10.2. The van der Waals surface area contributed by atoms with E-state index in [1.54, 1.807) is 0 Å². The number of benzene rings is 1. The Hall–Kier alpha value is -1.61. The Morgan fingerprint density at radius 2 is 1.89 bits per heavy atom. The topological polar surface area (TPSA) is 35.5 Å². The number of esters is 1. The number of hydrogen-bond donors (Lipinski definition) is 0. The quantitative estimate of drug-likeness (QED) is 0.403. The Morgan fingerprint density at radius 1 is 1.22 bits per heavy atom. The monoisotopic (exact) mass is 248 g/mol. The van der Waals surface area contributed by atoms with Crippen LogP contribution >= 0.6 is 0 Å². The minimum atomic E-state index is -0.365. The molecule has 0 radical (unpaired) electrons. The first-order valence-corrected chi connectivity index (χ1v) is 6.15. The largest absolute Gasteiger partial charge is 0.463 e. The van der Waals surface area contributed by atoms with Crippen LogP contribution in [0.3, 0.4) is 0 Å². The van der Waals surface area contributed by atoms with Gasteiger partial charge in [0.25, 0.3) is 0 Å². The molecule has 0 atom stereocenters. The van der Waals surface area contributed by atoms with Gasteiger partial charge in [0, 0.05) is 12.7 Å². The van der Waals surface area contributed by atoms with Gasteiger partial charge in [-0.25, -0.2) is 4.79 Å². The highest BCUT2D eigenvalue weighted by atomic mass is 16.5. The average molecular weight is 248 g/mol. The SMILES string of the molecule is C=CC(=O)OCCCCOCc1ccc(C)cc1. The molecule has 0 aliphatic heterocycles. The number of ether oxygens (including phenoxy) is 2. The van der Waals surface area contributed by atoms with Crippen molar-refractivity contribution < 1.29 is 14.3 Å². The third-order valence-corrected chi connectivity index (χ3v) is 2.48. The van der Waals surface area contributed by atoms with Gasteiger partial charge in [0.15, 0.2) is 0 Å². The number of rotatable bonds is 8. The third kappa shape index (κ3) is 6.21. The highest BCUT2D eigenvalue weighted by Crippen LogP contribution is 2.05. The lowest BCUT2D eigenvalue weighted by Crippen LogP contribution is -2.03. The van der Waals surface area contributed by atoms with Crippen molar-refractivity contribution in [3.05, 3.63) is 48.0 Å². The molecule has 0 N–H and O–H groups in total. The summed E-state index contributed by atoms with van der Waals surface area (Å²) in [4.78, 5) is 10.7. The van der Waals surface area contributed by atoms with Crippen LogP contribution in [0.25, 0.3) is 0 Å². The van der Waals surface area contributed by atoms with Crippen LogP contribution in [0.15, 0.2) is 36.9 Å². The molecule has 0 saturated carbocycles. The Kier molecular flexibility index (Phi) is 6.81. The van der Waals surface area contributed by atoms with E-state index in [0.29, 0.717) is 19.8 Å². The Morgan fingerprint density at radius 3 is 2.56 bits per heavy atom. The highest BCUT2D eigenvalue weighted by molar-refractivity contribution is 5.81. The predicted molar refractivity (Wildman–Crippen MR) is 71.2 cm³/mol. The third-order valence-electron chi connectivity index (χ3n) is 2.48. The van der Waals surface area contributed by atoms with Gasteiger partial charge in [-0.15, -0.1) is 0 Å².